The Bertz CT molecular complexity index is 281. The van der Waals surface area contributed by atoms with E-state index in [4.69, 9.17) is 5.11 Å². The van der Waals surface area contributed by atoms with Crippen LogP contribution in [0.1, 0.15) is 0 Å². The number of imide groups is 1. The molecule has 1 rings (SSSR count). The average Bonchev–Trinajstić information content (AvgIpc) is 2.35. The first-order valence-electron chi connectivity index (χ1n) is 3.43. The summed E-state index contributed by atoms with van der Waals surface area (Å²) in [6, 6.07) is 0. The molecule has 0 bridgehead atoms. The van der Waals surface area contributed by atoms with E-state index >= 15 is 0 Å². The van der Waals surface area contributed by atoms with Crippen LogP contribution < -0.4 is 0 Å². The van der Waals surface area contributed by atoms with E-state index < -0.39 is 21.7 Å². The van der Waals surface area contributed by atoms with E-state index in [1.54, 1.807) is 22.6 Å². The summed E-state index contributed by atoms with van der Waals surface area (Å²) < 4.78 is -0.759. The highest BCUT2D eigenvalue weighted by molar-refractivity contribution is 14.1. The normalized spacial score (nSPS) is 18.1. The first kappa shape index (κ1) is 10.2. The molecule has 1 aliphatic heterocycles. The SMILES string of the molecule is O=C(O)C(I)CN1C(=O)C=CC1=O. The summed E-state index contributed by atoms with van der Waals surface area (Å²) in [7, 11) is 0. The Morgan fingerprint density at radius 3 is 2.31 bits per heavy atom. The van der Waals surface area contributed by atoms with Crippen molar-refractivity contribution in [2.45, 2.75) is 3.92 Å². The van der Waals surface area contributed by atoms with Gasteiger partial charge in [0.2, 0.25) is 0 Å². The number of halogens is 1. The maximum Gasteiger partial charge on any atom is 0.318 e. The second-order valence-corrected chi connectivity index (χ2v) is 3.93. The fraction of sp³-hybridized carbons (Fsp3) is 0.286. The van der Waals surface area contributed by atoms with Gasteiger partial charge in [0.05, 0.1) is 6.54 Å². The topological polar surface area (TPSA) is 74.7 Å². The number of carboxylic acids is 1. The highest BCUT2D eigenvalue weighted by atomic mass is 127. The van der Waals surface area contributed by atoms with E-state index in [1.165, 1.54) is 0 Å². The molecule has 0 aromatic heterocycles. The summed E-state index contributed by atoms with van der Waals surface area (Å²) in [6.45, 7) is -0.0828. The van der Waals surface area contributed by atoms with Gasteiger partial charge in [0.1, 0.15) is 3.92 Å². The van der Waals surface area contributed by atoms with Crippen molar-refractivity contribution in [2.24, 2.45) is 0 Å². The summed E-state index contributed by atoms with van der Waals surface area (Å²) >= 11 is 1.67. The third-order valence-corrected chi connectivity index (χ3v) is 2.44. The van der Waals surface area contributed by atoms with Crippen LogP contribution >= 0.6 is 22.6 Å². The molecule has 0 fully saturated rings. The smallest absolute Gasteiger partial charge is 0.318 e. The number of carboxylic acid groups (broad SMARTS) is 1. The minimum Gasteiger partial charge on any atom is -0.480 e. The standard InChI is InChI=1S/C7H6INO4/c8-4(7(12)13)3-9-5(10)1-2-6(9)11/h1-2,4H,3H2,(H,12,13). The van der Waals surface area contributed by atoms with Crippen LogP contribution in [0, 0.1) is 0 Å². The van der Waals surface area contributed by atoms with Crippen molar-refractivity contribution in [1.29, 1.82) is 0 Å². The predicted octanol–water partition coefficient (Wildman–Crippen LogP) is -0.200. The lowest BCUT2D eigenvalue weighted by molar-refractivity contribution is -0.139. The predicted molar refractivity (Wildman–Crippen MR) is 51.3 cm³/mol. The van der Waals surface area contributed by atoms with Gasteiger partial charge in [-0.15, -0.1) is 0 Å². The quantitative estimate of drug-likeness (QED) is 0.444. The molecule has 1 atom stereocenters. The lowest BCUT2D eigenvalue weighted by Gasteiger charge is -2.14. The molecule has 0 aromatic carbocycles. The van der Waals surface area contributed by atoms with Gasteiger partial charge in [0.15, 0.2) is 0 Å². The Kier molecular flexibility index (Phi) is 3.02. The minimum atomic E-state index is -1.03. The van der Waals surface area contributed by atoms with Crippen molar-refractivity contribution in [3.05, 3.63) is 12.2 Å². The number of nitrogens with zero attached hydrogens (tertiary/aromatic N) is 1. The Hall–Kier alpha value is -0.920. The van der Waals surface area contributed by atoms with Crippen LogP contribution in [0.3, 0.4) is 0 Å². The maximum atomic E-state index is 11.0. The van der Waals surface area contributed by atoms with Gasteiger partial charge in [-0.2, -0.15) is 0 Å². The lowest BCUT2D eigenvalue weighted by Crippen LogP contribution is -2.37. The van der Waals surface area contributed by atoms with Gasteiger partial charge in [-0.3, -0.25) is 19.3 Å². The molecular weight excluding hydrogens is 289 g/mol. The van der Waals surface area contributed by atoms with Crippen molar-refractivity contribution < 1.29 is 19.5 Å². The van der Waals surface area contributed by atoms with Crippen LogP contribution in [0.25, 0.3) is 0 Å². The molecule has 0 aromatic rings. The zero-order valence-electron chi connectivity index (χ0n) is 6.44. The molecule has 1 aliphatic rings. The number of amides is 2. The fourth-order valence-electron chi connectivity index (χ4n) is 0.849. The molecule has 70 valence electrons. The number of hydrogen-bond acceptors (Lipinski definition) is 3. The molecule has 13 heavy (non-hydrogen) atoms. The van der Waals surface area contributed by atoms with Gasteiger partial charge in [0.25, 0.3) is 11.8 Å². The molecule has 1 heterocycles. The van der Waals surface area contributed by atoms with E-state index in [0.29, 0.717) is 0 Å². The van der Waals surface area contributed by atoms with Crippen LogP contribution in [0.5, 0.6) is 0 Å². The lowest BCUT2D eigenvalue weighted by atomic mass is 10.4. The van der Waals surface area contributed by atoms with Crippen LogP contribution in [-0.4, -0.2) is 38.3 Å². The van der Waals surface area contributed by atoms with Gasteiger partial charge < -0.3 is 5.11 Å². The number of aliphatic carboxylic acids is 1. The largest absolute Gasteiger partial charge is 0.480 e. The van der Waals surface area contributed by atoms with Gasteiger partial charge in [-0.25, -0.2) is 0 Å². The second-order valence-electron chi connectivity index (χ2n) is 2.43. The Balaban J connectivity index is 2.60. The van der Waals surface area contributed by atoms with Crippen LogP contribution in [0.2, 0.25) is 0 Å². The van der Waals surface area contributed by atoms with Crippen molar-refractivity contribution in [3.63, 3.8) is 0 Å². The first-order chi connectivity index (χ1) is 6.02. The van der Waals surface area contributed by atoms with Crippen molar-refractivity contribution in [1.82, 2.24) is 4.90 Å². The molecule has 2 amide bonds. The maximum absolute atomic E-state index is 11.0. The molecule has 6 heteroatoms. The van der Waals surface area contributed by atoms with Gasteiger partial charge >= 0.3 is 5.97 Å². The molecule has 0 spiro atoms. The number of rotatable bonds is 3. The van der Waals surface area contributed by atoms with Crippen molar-refractivity contribution >= 4 is 40.4 Å². The molecule has 0 saturated heterocycles. The number of alkyl halides is 1. The van der Waals surface area contributed by atoms with E-state index in [0.717, 1.165) is 17.1 Å². The van der Waals surface area contributed by atoms with Gasteiger partial charge in [-0.05, 0) is 0 Å². The molecular formula is C7H6INO4. The third kappa shape index (κ3) is 2.27. The highest BCUT2D eigenvalue weighted by Gasteiger charge is 2.27. The van der Waals surface area contributed by atoms with E-state index in [9.17, 15) is 14.4 Å². The fourth-order valence-corrected chi connectivity index (χ4v) is 1.24. The summed E-state index contributed by atoms with van der Waals surface area (Å²) in [5.74, 6) is -1.94. The van der Waals surface area contributed by atoms with Crippen molar-refractivity contribution in [2.75, 3.05) is 6.54 Å². The highest BCUT2D eigenvalue weighted by Crippen LogP contribution is 2.09. The van der Waals surface area contributed by atoms with Crippen LogP contribution in [-0.2, 0) is 14.4 Å². The number of hydrogen-bond donors (Lipinski definition) is 1. The molecule has 1 unspecified atom stereocenters. The Morgan fingerprint density at radius 2 is 1.92 bits per heavy atom. The minimum absolute atomic E-state index is 0.0828. The van der Waals surface area contributed by atoms with Crippen molar-refractivity contribution in [3.8, 4) is 0 Å². The van der Waals surface area contributed by atoms with Crippen LogP contribution in [0.4, 0.5) is 0 Å². The summed E-state index contributed by atoms with van der Waals surface area (Å²) in [4.78, 5) is 33.3. The van der Waals surface area contributed by atoms with Gasteiger partial charge in [0, 0.05) is 12.2 Å². The summed E-state index contributed by atoms with van der Waals surface area (Å²) in [6.07, 6.45) is 2.26. The Morgan fingerprint density at radius 1 is 1.46 bits per heavy atom. The van der Waals surface area contributed by atoms with E-state index in [2.05, 4.69) is 0 Å². The van der Waals surface area contributed by atoms with E-state index in [-0.39, 0.29) is 6.54 Å². The number of carbonyl (C=O) groups is 3. The molecule has 0 radical (unpaired) electrons. The second kappa shape index (κ2) is 3.86. The zero-order chi connectivity index (χ0) is 10.0. The Labute approximate surface area is 87.5 Å². The molecule has 1 N–H and O–H groups in total. The van der Waals surface area contributed by atoms with Crippen LogP contribution in [0.15, 0.2) is 12.2 Å². The monoisotopic (exact) mass is 295 g/mol. The molecule has 0 saturated carbocycles. The zero-order valence-corrected chi connectivity index (χ0v) is 8.59. The summed E-state index contributed by atoms with van der Waals surface area (Å²) in [5.41, 5.74) is 0. The summed E-state index contributed by atoms with van der Waals surface area (Å²) in [5, 5.41) is 8.54. The first-order valence-corrected chi connectivity index (χ1v) is 4.67. The van der Waals surface area contributed by atoms with E-state index in [1.807, 2.05) is 0 Å². The molecule has 0 aliphatic carbocycles. The third-order valence-electron chi connectivity index (χ3n) is 1.51. The number of carbonyl (C=O) groups excluding carboxylic acids is 2. The molecule has 5 nitrogen and oxygen atoms in total. The average molecular weight is 295 g/mol. The van der Waals surface area contributed by atoms with Gasteiger partial charge in [-0.1, -0.05) is 22.6 Å².